The lowest BCUT2D eigenvalue weighted by molar-refractivity contribution is 0.0334. The Morgan fingerprint density at radius 3 is 2.75 bits per heavy atom. The maximum absolute atomic E-state index is 9.41. The van der Waals surface area contributed by atoms with Crippen LogP contribution in [0.25, 0.3) is 0 Å². The fourth-order valence-electron chi connectivity index (χ4n) is 0.930. The molecule has 0 saturated heterocycles. The molecule has 0 aliphatic rings. The highest BCUT2D eigenvalue weighted by Gasteiger charge is 2.17. The van der Waals surface area contributed by atoms with Gasteiger partial charge in [-0.15, -0.1) is 0 Å². The van der Waals surface area contributed by atoms with Gasteiger partial charge >= 0.3 is 0 Å². The molecule has 0 fully saturated rings. The minimum Gasteiger partial charge on any atom is -0.466 e. The summed E-state index contributed by atoms with van der Waals surface area (Å²) >= 11 is 0. The van der Waals surface area contributed by atoms with Crippen molar-refractivity contribution in [3.05, 3.63) is 36.3 Å². The summed E-state index contributed by atoms with van der Waals surface area (Å²) in [5.74, 6) is 0.376. The maximum Gasteiger partial charge on any atom is 0.141 e. The first-order valence-corrected chi connectivity index (χ1v) is 3.78. The van der Waals surface area contributed by atoms with Crippen LogP contribution in [0.1, 0.15) is 18.8 Å². The van der Waals surface area contributed by atoms with Crippen molar-refractivity contribution < 1.29 is 14.6 Å². The summed E-state index contributed by atoms with van der Waals surface area (Å²) in [7, 11) is 0. The van der Waals surface area contributed by atoms with Crippen molar-refractivity contribution in [2.24, 2.45) is 0 Å². The van der Waals surface area contributed by atoms with Gasteiger partial charge in [-0.05, 0) is 19.1 Å². The van der Waals surface area contributed by atoms with Crippen LogP contribution in [0.2, 0.25) is 0 Å². The van der Waals surface area contributed by atoms with E-state index in [1.807, 2.05) is 0 Å². The van der Waals surface area contributed by atoms with E-state index < -0.39 is 12.2 Å². The molecule has 0 bridgehead atoms. The van der Waals surface area contributed by atoms with Gasteiger partial charge in [0.1, 0.15) is 18.0 Å². The molecule has 0 amide bonds. The van der Waals surface area contributed by atoms with Gasteiger partial charge in [-0.25, -0.2) is 0 Å². The van der Waals surface area contributed by atoms with Gasteiger partial charge in [-0.1, -0.05) is 12.2 Å². The van der Waals surface area contributed by atoms with Crippen LogP contribution in [0.15, 0.2) is 35.0 Å². The number of furan rings is 1. The van der Waals surface area contributed by atoms with Crippen LogP contribution in [-0.2, 0) is 0 Å². The molecule has 1 heterocycles. The number of aliphatic hydroxyl groups is 2. The average molecular weight is 168 g/mol. The zero-order valence-electron chi connectivity index (χ0n) is 6.84. The highest BCUT2D eigenvalue weighted by atomic mass is 16.4. The van der Waals surface area contributed by atoms with Crippen molar-refractivity contribution in [3.8, 4) is 0 Å². The van der Waals surface area contributed by atoms with E-state index in [2.05, 4.69) is 0 Å². The van der Waals surface area contributed by atoms with Gasteiger partial charge in [-0.2, -0.15) is 0 Å². The third-order valence-corrected chi connectivity index (χ3v) is 1.55. The lowest BCUT2D eigenvalue weighted by Crippen LogP contribution is -2.14. The summed E-state index contributed by atoms with van der Waals surface area (Å²) in [6, 6.07) is 3.29. The molecule has 0 radical (unpaired) electrons. The zero-order chi connectivity index (χ0) is 8.97. The molecule has 66 valence electrons. The predicted octanol–water partition coefficient (Wildman–Crippen LogP) is 1.25. The molecule has 12 heavy (non-hydrogen) atoms. The Morgan fingerprint density at radius 2 is 2.25 bits per heavy atom. The predicted molar refractivity (Wildman–Crippen MR) is 44.5 cm³/mol. The minimum atomic E-state index is -0.976. The lowest BCUT2D eigenvalue weighted by Gasteiger charge is -2.10. The second kappa shape index (κ2) is 4.09. The van der Waals surface area contributed by atoms with Gasteiger partial charge in [0.25, 0.3) is 0 Å². The molecule has 2 N–H and O–H groups in total. The maximum atomic E-state index is 9.41. The van der Waals surface area contributed by atoms with Crippen LogP contribution in [-0.4, -0.2) is 16.3 Å². The van der Waals surface area contributed by atoms with Gasteiger partial charge in [-0.3, -0.25) is 0 Å². The normalized spacial score (nSPS) is 16.6. The van der Waals surface area contributed by atoms with E-state index in [1.165, 1.54) is 12.3 Å². The monoisotopic (exact) mass is 168 g/mol. The van der Waals surface area contributed by atoms with Crippen molar-refractivity contribution >= 4 is 0 Å². The van der Waals surface area contributed by atoms with E-state index in [0.717, 1.165) is 0 Å². The first-order chi connectivity index (χ1) is 5.75. The number of aliphatic hydroxyl groups excluding tert-OH is 2. The summed E-state index contributed by atoms with van der Waals surface area (Å²) in [6.07, 6.45) is 2.77. The lowest BCUT2D eigenvalue weighted by atomic mass is 10.1. The van der Waals surface area contributed by atoms with Gasteiger partial charge in [0.2, 0.25) is 0 Å². The third kappa shape index (κ3) is 1.96. The second-order valence-electron chi connectivity index (χ2n) is 2.48. The van der Waals surface area contributed by atoms with Crippen molar-refractivity contribution in [1.29, 1.82) is 0 Å². The standard InChI is InChI=1S/C9H12O3/c1-2-4-7(10)9(11)8-5-3-6-12-8/h2-7,9-11H,1H3/b4-2+/t7-,9-/m1/s1. The average Bonchev–Trinajstić information content (AvgIpc) is 2.55. The summed E-state index contributed by atoms with van der Waals surface area (Å²) in [5.41, 5.74) is 0. The molecule has 0 spiro atoms. The topological polar surface area (TPSA) is 53.6 Å². The molecular weight excluding hydrogens is 156 g/mol. The van der Waals surface area contributed by atoms with Crippen LogP contribution >= 0.6 is 0 Å². The van der Waals surface area contributed by atoms with Crippen molar-refractivity contribution in [2.75, 3.05) is 0 Å². The van der Waals surface area contributed by atoms with Crippen molar-refractivity contribution in [3.63, 3.8) is 0 Å². The largest absolute Gasteiger partial charge is 0.466 e. The van der Waals surface area contributed by atoms with Gasteiger partial charge in [0, 0.05) is 0 Å². The van der Waals surface area contributed by atoms with Crippen molar-refractivity contribution in [2.45, 2.75) is 19.1 Å². The molecule has 1 aromatic rings. The first-order valence-electron chi connectivity index (χ1n) is 3.78. The van der Waals surface area contributed by atoms with Crippen LogP contribution < -0.4 is 0 Å². The Labute approximate surface area is 70.9 Å². The van der Waals surface area contributed by atoms with E-state index in [-0.39, 0.29) is 0 Å². The molecular formula is C9H12O3. The molecule has 0 aliphatic heterocycles. The van der Waals surface area contributed by atoms with Crippen LogP contribution in [0, 0.1) is 0 Å². The van der Waals surface area contributed by atoms with Gasteiger partial charge in [0.15, 0.2) is 0 Å². The van der Waals surface area contributed by atoms with E-state index >= 15 is 0 Å². The molecule has 0 saturated carbocycles. The Kier molecular flexibility index (Phi) is 3.08. The van der Waals surface area contributed by atoms with E-state index in [0.29, 0.717) is 5.76 Å². The molecule has 1 aromatic heterocycles. The van der Waals surface area contributed by atoms with E-state index in [9.17, 15) is 10.2 Å². The highest BCUT2D eigenvalue weighted by molar-refractivity contribution is 5.06. The van der Waals surface area contributed by atoms with E-state index in [4.69, 9.17) is 4.42 Å². The quantitative estimate of drug-likeness (QED) is 0.668. The highest BCUT2D eigenvalue weighted by Crippen LogP contribution is 2.17. The van der Waals surface area contributed by atoms with Crippen LogP contribution in [0.5, 0.6) is 0 Å². The second-order valence-corrected chi connectivity index (χ2v) is 2.48. The van der Waals surface area contributed by atoms with Crippen LogP contribution in [0.3, 0.4) is 0 Å². The first kappa shape index (κ1) is 9.03. The summed E-state index contributed by atoms with van der Waals surface area (Å²) in [6.45, 7) is 1.78. The number of allylic oxidation sites excluding steroid dienone is 1. The smallest absolute Gasteiger partial charge is 0.141 e. The Morgan fingerprint density at radius 1 is 1.50 bits per heavy atom. The zero-order valence-corrected chi connectivity index (χ0v) is 6.84. The fourth-order valence-corrected chi connectivity index (χ4v) is 0.930. The minimum absolute atomic E-state index is 0.376. The SMILES string of the molecule is C/C=C/[C@@H](O)[C@@H](O)c1ccco1. The Hall–Kier alpha value is -1.06. The molecule has 3 nitrogen and oxygen atoms in total. The molecule has 1 rings (SSSR count). The molecule has 0 unspecified atom stereocenters. The Bertz CT molecular complexity index is 238. The number of rotatable bonds is 3. The van der Waals surface area contributed by atoms with E-state index in [1.54, 1.807) is 25.1 Å². The third-order valence-electron chi connectivity index (χ3n) is 1.55. The Balaban J connectivity index is 2.65. The van der Waals surface area contributed by atoms with Gasteiger partial charge < -0.3 is 14.6 Å². The molecule has 0 aromatic carbocycles. The fraction of sp³-hybridized carbons (Fsp3) is 0.333. The molecule has 0 aliphatic carbocycles. The van der Waals surface area contributed by atoms with Crippen molar-refractivity contribution in [1.82, 2.24) is 0 Å². The molecule has 3 heteroatoms. The molecule has 2 atom stereocenters. The van der Waals surface area contributed by atoms with Crippen LogP contribution in [0.4, 0.5) is 0 Å². The van der Waals surface area contributed by atoms with Gasteiger partial charge in [0.05, 0.1) is 6.26 Å². The summed E-state index contributed by atoms with van der Waals surface area (Å²) in [4.78, 5) is 0. The summed E-state index contributed by atoms with van der Waals surface area (Å²) < 4.78 is 4.92. The number of hydrogen-bond acceptors (Lipinski definition) is 3. The number of hydrogen-bond donors (Lipinski definition) is 2. The summed E-state index contributed by atoms with van der Waals surface area (Å²) in [5, 5.41) is 18.7.